The van der Waals surface area contributed by atoms with Crippen LogP contribution in [0.4, 0.5) is 14.7 Å². The average Bonchev–Trinajstić information content (AvgIpc) is 2.74. The summed E-state index contributed by atoms with van der Waals surface area (Å²) in [7, 11) is 2.10. The first-order valence-electron chi connectivity index (χ1n) is 9.66. The highest BCUT2D eigenvalue weighted by atomic mass is 32.2. The Morgan fingerprint density at radius 2 is 1.77 bits per heavy atom. The molecule has 0 radical (unpaired) electrons. The van der Waals surface area contributed by atoms with Crippen molar-refractivity contribution in [2.45, 2.75) is 23.7 Å². The van der Waals surface area contributed by atoms with Crippen molar-refractivity contribution in [2.75, 3.05) is 38.1 Å². The van der Waals surface area contributed by atoms with Gasteiger partial charge in [0, 0.05) is 50.4 Å². The molecule has 0 atom stereocenters. The largest absolute Gasteiger partial charge is 0.338 e. The lowest BCUT2D eigenvalue weighted by atomic mass is 10.1. The van der Waals surface area contributed by atoms with Gasteiger partial charge in [-0.15, -0.1) is 0 Å². The van der Waals surface area contributed by atoms with Crippen molar-refractivity contribution in [1.29, 1.82) is 0 Å². The molecule has 0 spiro atoms. The van der Waals surface area contributed by atoms with Gasteiger partial charge in [-0.2, -0.15) is 9.97 Å². The quantitative estimate of drug-likeness (QED) is 0.573. The van der Waals surface area contributed by atoms with Crippen LogP contribution in [0.25, 0.3) is 11.3 Å². The third-order valence-electron chi connectivity index (χ3n) is 4.77. The molecule has 4 rings (SSSR count). The van der Waals surface area contributed by atoms with Crippen LogP contribution >= 0.6 is 11.8 Å². The smallest absolute Gasteiger partial charge is 0.229 e. The maximum absolute atomic E-state index is 14.1. The number of rotatable bonds is 5. The summed E-state index contributed by atoms with van der Waals surface area (Å²) < 4.78 is 27.3. The third kappa shape index (κ3) is 4.71. The highest BCUT2D eigenvalue weighted by Gasteiger charge is 2.19. The molecule has 1 aliphatic heterocycles. The number of aryl methyl sites for hydroxylation is 1. The molecule has 0 saturated carbocycles. The minimum Gasteiger partial charge on any atom is -0.338 e. The summed E-state index contributed by atoms with van der Waals surface area (Å²) in [5.74, 6) is 0.0457. The molecule has 3 aromatic rings. The van der Waals surface area contributed by atoms with E-state index < -0.39 is 11.6 Å². The Morgan fingerprint density at radius 1 is 0.967 bits per heavy atom. The van der Waals surface area contributed by atoms with Crippen LogP contribution in [0.15, 0.2) is 40.8 Å². The van der Waals surface area contributed by atoms with Crippen molar-refractivity contribution >= 4 is 17.7 Å². The second-order valence-electron chi connectivity index (χ2n) is 6.93. The number of hydrogen-bond acceptors (Lipinski definition) is 8. The lowest BCUT2D eigenvalue weighted by molar-refractivity contribution is 0.310. The lowest BCUT2D eigenvalue weighted by Gasteiger charge is -2.32. The molecular formula is C20H21F2N7S. The zero-order valence-electron chi connectivity index (χ0n) is 16.7. The molecule has 0 aliphatic carbocycles. The van der Waals surface area contributed by atoms with Crippen molar-refractivity contribution in [3.05, 3.63) is 47.9 Å². The number of halogens is 2. The molecule has 0 N–H and O–H groups in total. The predicted octanol–water partition coefficient (Wildman–Crippen LogP) is 3.07. The fraction of sp³-hybridized carbons (Fsp3) is 0.350. The molecule has 10 heteroatoms. The van der Waals surface area contributed by atoms with E-state index in [1.54, 1.807) is 6.07 Å². The minimum absolute atomic E-state index is 0.212. The Kier molecular flexibility index (Phi) is 6.14. The van der Waals surface area contributed by atoms with Crippen molar-refractivity contribution in [2.24, 2.45) is 0 Å². The van der Waals surface area contributed by atoms with Crippen LogP contribution in [-0.4, -0.2) is 63.0 Å². The van der Waals surface area contributed by atoms with E-state index in [2.05, 4.69) is 41.8 Å². The van der Waals surface area contributed by atoms with Gasteiger partial charge in [0.05, 0.1) is 5.69 Å². The highest BCUT2D eigenvalue weighted by Crippen LogP contribution is 2.27. The lowest BCUT2D eigenvalue weighted by Crippen LogP contribution is -2.45. The summed E-state index contributed by atoms with van der Waals surface area (Å²) >= 11 is 1.20. The zero-order valence-corrected chi connectivity index (χ0v) is 17.5. The Morgan fingerprint density at radius 3 is 2.50 bits per heavy atom. The first-order chi connectivity index (χ1) is 14.5. The number of likely N-dealkylation sites (N-methyl/N-ethyl adjacent to an activating group) is 1. The van der Waals surface area contributed by atoms with Gasteiger partial charge in [-0.05, 0) is 37.0 Å². The van der Waals surface area contributed by atoms with Crippen molar-refractivity contribution in [3.63, 3.8) is 0 Å². The maximum Gasteiger partial charge on any atom is 0.229 e. The van der Waals surface area contributed by atoms with Crippen LogP contribution in [0.3, 0.4) is 0 Å². The van der Waals surface area contributed by atoms with E-state index in [1.165, 1.54) is 30.1 Å². The first kappa shape index (κ1) is 20.5. The fourth-order valence-corrected chi connectivity index (χ4v) is 3.76. The molecule has 3 heterocycles. The van der Waals surface area contributed by atoms with Gasteiger partial charge in [-0.25, -0.2) is 23.7 Å². The topological polar surface area (TPSA) is 70.9 Å². The van der Waals surface area contributed by atoms with Crippen molar-refractivity contribution in [1.82, 2.24) is 29.8 Å². The van der Waals surface area contributed by atoms with Crippen LogP contribution in [0.5, 0.6) is 0 Å². The number of piperazine rings is 1. The summed E-state index contributed by atoms with van der Waals surface area (Å²) in [5, 5.41) is 0.876. The van der Waals surface area contributed by atoms with Crippen LogP contribution in [-0.2, 0) is 6.42 Å². The van der Waals surface area contributed by atoms with Crippen molar-refractivity contribution < 1.29 is 8.78 Å². The summed E-state index contributed by atoms with van der Waals surface area (Å²) in [6.45, 7) is 5.59. The molecule has 1 aliphatic rings. The second kappa shape index (κ2) is 8.97. The zero-order chi connectivity index (χ0) is 21.1. The Balaban J connectivity index is 1.60. The minimum atomic E-state index is -0.671. The van der Waals surface area contributed by atoms with E-state index in [4.69, 9.17) is 0 Å². The third-order valence-corrected chi connectivity index (χ3v) is 5.52. The monoisotopic (exact) mass is 429 g/mol. The normalized spacial score (nSPS) is 14.9. The van der Waals surface area contributed by atoms with E-state index in [-0.39, 0.29) is 5.56 Å². The van der Waals surface area contributed by atoms with Gasteiger partial charge < -0.3 is 9.80 Å². The number of aromatic nitrogens is 5. The fourth-order valence-electron chi connectivity index (χ4n) is 3.06. The average molecular weight is 430 g/mol. The van der Waals surface area contributed by atoms with Gasteiger partial charge >= 0.3 is 0 Å². The van der Waals surface area contributed by atoms with Gasteiger partial charge in [0.15, 0.2) is 5.16 Å². The van der Waals surface area contributed by atoms with E-state index >= 15 is 0 Å². The summed E-state index contributed by atoms with van der Waals surface area (Å²) in [6.07, 6.45) is 2.22. The molecule has 1 fully saturated rings. The Labute approximate surface area is 177 Å². The van der Waals surface area contributed by atoms with E-state index in [1.807, 2.05) is 6.92 Å². The molecule has 1 saturated heterocycles. The molecule has 1 aromatic carbocycles. The van der Waals surface area contributed by atoms with Crippen LogP contribution in [0.2, 0.25) is 0 Å². The van der Waals surface area contributed by atoms with E-state index in [9.17, 15) is 8.78 Å². The number of nitrogens with zero attached hydrogens (tertiary/aromatic N) is 7. The van der Waals surface area contributed by atoms with Crippen LogP contribution in [0, 0.1) is 11.6 Å². The number of hydrogen-bond donors (Lipinski definition) is 0. The van der Waals surface area contributed by atoms with Gasteiger partial charge in [0.25, 0.3) is 0 Å². The SMILES string of the molecule is CCc1nc(Sc2nccc(-c3ccc(F)cc3F)n2)nc(N2CCN(C)CC2)n1. The summed E-state index contributed by atoms with van der Waals surface area (Å²) in [6, 6.07) is 4.99. The van der Waals surface area contributed by atoms with Gasteiger partial charge in [0.2, 0.25) is 11.1 Å². The first-order valence-corrected chi connectivity index (χ1v) is 10.5. The Bertz CT molecular complexity index is 1040. The Hall–Kier alpha value is -2.72. The van der Waals surface area contributed by atoms with E-state index in [0.717, 1.165) is 32.2 Å². The molecule has 2 aromatic heterocycles. The molecule has 0 amide bonds. The molecule has 7 nitrogen and oxygen atoms in total. The maximum atomic E-state index is 14.1. The highest BCUT2D eigenvalue weighted by molar-refractivity contribution is 7.99. The van der Waals surface area contributed by atoms with Crippen LogP contribution < -0.4 is 4.90 Å². The number of anilines is 1. The molecule has 156 valence electrons. The van der Waals surface area contributed by atoms with Gasteiger partial charge in [-0.3, -0.25) is 0 Å². The van der Waals surface area contributed by atoms with Crippen molar-refractivity contribution in [3.8, 4) is 11.3 Å². The molecule has 0 bridgehead atoms. The standard InChI is InChI=1S/C20H21F2N7S/c1-3-17-25-18(29-10-8-28(2)9-11-29)27-20(26-17)30-19-23-7-6-16(24-19)14-5-4-13(21)12-15(14)22/h4-7,12H,3,8-11H2,1-2H3. The molecular weight excluding hydrogens is 408 g/mol. The number of benzene rings is 1. The van der Waals surface area contributed by atoms with E-state index in [0.29, 0.717) is 34.2 Å². The second-order valence-corrected chi connectivity index (χ2v) is 7.86. The summed E-state index contributed by atoms with van der Waals surface area (Å²) in [4.78, 5) is 26.7. The molecule has 0 unspecified atom stereocenters. The summed E-state index contributed by atoms with van der Waals surface area (Å²) in [5.41, 5.74) is 0.581. The molecule has 30 heavy (non-hydrogen) atoms. The van der Waals surface area contributed by atoms with Crippen LogP contribution in [0.1, 0.15) is 12.7 Å². The van der Waals surface area contributed by atoms with Gasteiger partial charge in [0.1, 0.15) is 17.5 Å². The predicted molar refractivity (Wildman–Crippen MR) is 110 cm³/mol. The van der Waals surface area contributed by atoms with Gasteiger partial charge in [-0.1, -0.05) is 6.92 Å².